The van der Waals surface area contributed by atoms with Crippen LogP contribution in [-0.4, -0.2) is 36.9 Å². The zero-order valence-corrected chi connectivity index (χ0v) is 16.0. The number of carbonyl (C=O) groups excluding carboxylic acids is 3. The number of rotatable bonds is 7. The summed E-state index contributed by atoms with van der Waals surface area (Å²) in [4.78, 5) is 36.6. The van der Waals surface area contributed by atoms with Gasteiger partial charge in [0.05, 0.1) is 19.6 Å². The van der Waals surface area contributed by atoms with Crippen LogP contribution in [0.5, 0.6) is 11.5 Å². The molecule has 1 atom stereocenters. The molecule has 3 rings (SSSR count). The van der Waals surface area contributed by atoms with E-state index < -0.39 is 23.7 Å². The quantitative estimate of drug-likeness (QED) is 0.520. The lowest BCUT2D eigenvalue weighted by Crippen LogP contribution is -2.24. The van der Waals surface area contributed by atoms with E-state index in [4.69, 9.17) is 14.2 Å². The average Bonchev–Trinajstić information content (AvgIpc) is 2.96. The van der Waals surface area contributed by atoms with Crippen molar-refractivity contribution in [3.05, 3.63) is 59.4 Å². The zero-order chi connectivity index (χ0) is 20.8. The topological polar surface area (TPSA) is 78.9 Å². The van der Waals surface area contributed by atoms with Gasteiger partial charge in [0.15, 0.2) is 23.4 Å². The Labute approximate surface area is 167 Å². The number of hydrogen-bond acceptors (Lipinski definition) is 6. The summed E-state index contributed by atoms with van der Waals surface area (Å²) < 4.78 is 29.1. The van der Waals surface area contributed by atoms with Crippen LogP contribution in [0.15, 0.2) is 42.5 Å². The lowest BCUT2D eigenvalue weighted by Gasteiger charge is -2.12. The molecule has 0 aliphatic carbocycles. The number of hydrogen-bond donors (Lipinski definition) is 0. The molecule has 0 unspecified atom stereocenters. The number of halogens is 1. The van der Waals surface area contributed by atoms with E-state index in [2.05, 4.69) is 0 Å². The Balaban J connectivity index is 1.52. The third-order valence-corrected chi connectivity index (χ3v) is 4.43. The van der Waals surface area contributed by atoms with Gasteiger partial charge in [-0.1, -0.05) is 0 Å². The number of esters is 1. The summed E-state index contributed by atoms with van der Waals surface area (Å²) in [5.74, 6) is -0.696. The Bertz CT molecular complexity index is 906. The average molecular weight is 400 g/mol. The van der Waals surface area contributed by atoms with Crippen molar-refractivity contribution in [2.24, 2.45) is 0 Å². The van der Waals surface area contributed by atoms with Crippen LogP contribution in [0.4, 0.5) is 4.39 Å². The van der Waals surface area contributed by atoms with Gasteiger partial charge in [-0.05, 0) is 49.4 Å². The Hall–Kier alpha value is -3.22. The number of ether oxygens (including phenoxy) is 3. The fourth-order valence-electron chi connectivity index (χ4n) is 2.86. The largest absolute Gasteiger partial charge is 0.490 e. The van der Waals surface area contributed by atoms with Crippen LogP contribution in [0.3, 0.4) is 0 Å². The van der Waals surface area contributed by atoms with Crippen LogP contribution in [0.1, 0.15) is 46.9 Å². The van der Waals surface area contributed by atoms with Crippen molar-refractivity contribution in [1.29, 1.82) is 0 Å². The standard InChI is InChI=1S/C22H21FO6/c1-14(22(26)15-3-6-17(23)7-4-15)29-21(25)10-8-18(24)16-5-9-19-20(13-16)28-12-2-11-27-19/h3-7,9,13-14H,2,8,10-12H2,1H3/t14-/m0/s1. The van der Waals surface area contributed by atoms with Crippen LogP contribution < -0.4 is 9.47 Å². The normalized spacial score (nSPS) is 13.9. The maximum Gasteiger partial charge on any atom is 0.306 e. The summed E-state index contributed by atoms with van der Waals surface area (Å²) in [7, 11) is 0. The fraction of sp³-hybridized carbons (Fsp3) is 0.318. The molecule has 2 aromatic carbocycles. The van der Waals surface area contributed by atoms with E-state index in [1.807, 2.05) is 0 Å². The van der Waals surface area contributed by atoms with Gasteiger partial charge in [-0.3, -0.25) is 14.4 Å². The molecular formula is C22H21FO6. The second-order valence-electron chi connectivity index (χ2n) is 6.64. The molecule has 1 aliphatic heterocycles. The van der Waals surface area contributed by atoms with Crippen molar-refractivity contribution >= 4 is 17.5 Å². The van der Waals surface area contributed by atoms with Crippen LogP contribution >= 0.6 is 0 Å². The monoisotopic (exact) mass is 400 g/mol. The first kappa shape index (κ1) is 20.5. The molecule has 1 heterocycles. The molecule has 152 valence electrons. The molecule has 0 saturated carbocycles. The highest BCUT2D eigenvalue weighted by atomic mass is 19.1. The van der Waals surface area contributed by atoms with Crippen LogP contribution in [0.25, 0.3) is 0 Å². The summed E-state index contributed by atoms with van der Waals surface area (Å²) in [6.45, 7) is 2.51. The minimum Gasteiger partial charge on any atom is -0.490 e. The third kappa shape index (κ3) is 5.40. The summed E-state index contributed by atoms with van der Waals surface area (Å²) in [6.07, 6.45) is -0.482. The summed E-state index contributed by atoms with van der Waals surface area (Å²) >= 11 is 0. The maximum absolute atomic E-state index is 12.9. The predicted molar refractivity (Wildman–Crippen MR) is 102 cm³/mol. The van der Waals surface area contributed by atoms with Gasteiger partial charge in [-0.25, -0.2) is 4.39 Å². The van der Waals surface area contributed by atoms with E-state index in [-0.39, 0.29) is 24.2 Å². The van der Waals surface area contributed by atoms with Gasteiger partial charge in [0.25, 0.3) is 0 Å². The third-order valence-electron chi connectivity index (χ3n) is 4.43. The molecule has 7 heteroatoms. The Morgan fingerprint density at radius 3 is 2.34 bits per heavy atom. The minimum absolute atomic E-state index is 0.0596. The van der Waals surface area contributed by atoms with E-state index in [1.165, 1.54) is 19.1 Å². The molecule has 2 aromatic rings. The second-order valence-corrected chi connectivity index (χ2v) is 6.64. The number of Topliss-reactive ketones (excluding diaryl/α,β-unsaturated/α-hetero) is 2. The molecule has 0 amide bonds. The zero-order valence-electron chi connectivity index (χ0n) is 16.0. The smallest absolute Gasteiger partial charge is 0.306 e. The SMILES string of the molecule is C[C@H](OC(=O)CCC(=O)c1ccc2c(c1)OCCCO2)C(=O)c1ccc(F)cc1. The molecule has 1 aliphatic rings. The highest BCUT2D eigenvalue weighted by molar-refractivity contribution is 6.01. The molecule has 0 N–H and O–H groups in total. The molecule has 0 fully saturated rings. The van der Waals surface area contributed by atoms with Crippen molar-refractivity contribution in [2.75, 3.05) is 13.2 Å². The van der Waals surface area contributed by atoms with Gasteiger partial charge >= 0.3 is 5.97 Å². The van der Waals surface area contributed by atoms with Crippen molar-refractivity contribution in [3.63, 3.8) is 0 Å². The van der Waals surface area contributed by atoms with Crippen molar-refractivity contribution in [2.45, 2.75) is 32.3 Å². The number of ketones is 2. The van der Waals surface area contributed by atoms with Crippen molar-refractivity contribution in [3.8, 4) is 11.5 Å². The number of fused-ring (bicyclic) bond motifs is 1. The molecule has 6 nitrogen and oxygen atoms in total. The van der Waals surface area contributed by atoms with Gasteiger partial charge < -0.3 is 14.2 Å². The molecule has 0 spiro atoms. The van der Waals surface area contributed by atoms with Crippen molar-refractivity contribution in [1.82, 2.24) is 0 Å². The lowest BCUT2D eigenvalue weighted by atomic mass is 10.1. The van der Waals surface area contributed by atoms with Gasteiger partial charge in [0.2, 0.25) is 5.78 Å². The van der Waals surface area contributed by atoms with Crippen LogP contribution in [-0.2, 0) is 9.53 Å². The van der Waals surface area contributed by atoms with Gasteiger partial charge in [-0.2, -0.15) is 0 Å². The molecule has 0 aromatic heterocycles. The summed E-state index contributed by atoms with van der Waals surface area (Å²) in [6, 6.07) is 9.89. The number of carbonyl (C=O) groups is 3. The first-order valence-electron chi connectivity index (χ1n) is 9.36. The summed E-state index contributed by atoms with van der Waals surface area (Å²) in [5, 5.41) is 0. The Kier molecular flexibility index (Phi) is 6.59. The first-order valence-corrected chi connectivity index (χ1v) is 9.36. The predicted octanol–water partition coefficient (Wildman–Crippen LogP) is 3.76. The van der Waals surface area contributed by atoms with Gasteiger partial charge in [-0.15, -0.1) is 0 Å². The molecule has 0 saturated heterocycles. The molecule has 29 heavy (non-hydrogen) atoms. The Morgan fingerprint density at radius 2 is 1.62 bits per heavy atom. The van der Waals surface area contributed by atoms with E-state index in [9.17, 15) is 18.8 Å². The Morgan fingerprint density at radius 1 is 0.966 bits per heavy atom. The van der Waals surface area contributed by atoms with Crippen LogP contribution in [0.2, 0.25) is 0 Å². The fourth-order valence-corrected chi connectivity index (χ4v) is 2.86. The van der Waals surface area contributed by atoms with Crippen LogP contribution in [0, 0.1) is 5.82 Å². The highest BCUT2D eigenvalue weighted by Gasteiger charge is 2.21. The van der Waals surface area contributed by atoms with Crippen molar-refractivity contribution < 1.29 is 33.0 Å². The molecule has 0 radical (unpaired) electrons. The van der Waals surface area contributed by atoms with E-state index in [0.717, 1.165) is 18.6 Å². The summed E-state index contributed by atoms with van der Waals surface area (Å²) in [5.41, 5.74) is 0.660. The van der Waals surface area contributed by atoms with Gasteiger partial charge in [0.1, 0.15) is 5.82 Å². The van der Waals surface area contributed by atoms with E-state index >= 15 is 0 Å². The maximum atomic E-state index is 12.9. The number of benzene rings is 2. The van der Waals surface area contributed by atoms with E-state index in [1.54, 1.807) is 18.2 Å². The minimum atomic E-state index is -1.03. The highest BCUT2D eigenvalue weighted by Crippen LogP contribution is 2.30. The molecular weight excluding hydrogens is 379 g/mol. The first-order chi connectivity index (χ1) is 13.9. The van der Waals surface area contributed by atoms with Gasteiger partial charge in [0, 0.05) is 24.0 Å². The molecule has 0 bridgehead atoms. The van der Waals surface area contributed by atoms with E-state index in [0.29, 0.717) is 30.3 Å². The lowest BCUT2D eigenvalue weighted by molar-refractivity contribution is -0.146. The second kappa shape index (κ2) is 9.32.